The number of rotatable bonds is 5. The maximum Gasteiger partial charge on any atom is 0.240 e. The second kappa shape index (κ2) is 7.09. The molecule has 0 bridgehead atoms. The zero-order chi connectivity index (χ0) is 17.1. The molecule has 1 N–H and O–H groups in total. The number of nitrogens with zero attached hydrogens (tertiary/aromatic N) is 1. The Balaban J connectivity index is 1.72. The lowest BCUT2D eigenvalue weighted by Gasteiger charge is -2.10. The number of hydrogen-bond donors (Lipinski definition) is 1. The molecule has 24 heavy (non-hydrogen) atoms. The van der Waals surface area contributed by atoms with E-state index in [1.54, 1.807) is 7.11 Å². The zero-order valence-corrected chi connectivity index (χ0v) is 15.3. The van der Waals surface area contributed by atoms with Crippen LogP contribution in [0.3, 0.4) is 0 Å². The second-order valence-electron chi connectivity index (χ2n) is 5.63. The number of aromatic nitrogens is 1. The average Bonchev–Trinajstić information content (AvgIpc) is 2.85. The van der Waals surface area contributed by atoms with Crippen LogP contribution in [-0.2, 0) is 17.9 Å². The number of benzene rings is 2. The maximum atomic E-state index is 12.4. The molecule has 1 heterocycles. The SMILES string of the molecule is COc1cccc(CNC(=O)Cn2c(C)c(Br)c3ccccc32)c1. The molecule has 4 nitrogen and oxygen atoms in total. The minimum atomic E-state index is -0.0193. The summed E-state index contributed by atoms with van der Waals surface area (Å²) in [7, 11) is 1.63. The van der Waals surface area contributed by atoms with Gasteiger partial charge in [-0.3, -0.25) is 4.79 Å². The lowest BCUT2D eigenvalue weighted by molar-refractivity contribution is -0.121. The van der Waals surface area contributed by atoms with Crippen LogP contribution >= 0.6 is 15.9 Å². The first-order valence-corrected chi connectivity index (χ1v) is 8.52. The highest BCUT2D eigenvalue weighted by molar-refractivity contribution is 9.10. The Kier molecular flexibility index (Phi) is 4.90. The van der Waals surface area contributed by atoms with E-state index in [1.165, 1.54) is 0 Å². The molecule has 2 aromatic carbocycles. The van der Waals surface area contributed by atoms with Crippen LogP contribution in [0, 0.1) is 6.92 Å². The lowest BCUT2D eigenvalue weighted by Crippen LogP contribution is -2.27. The summed E-state index contributed by atoms with van der Waals surface area (Å²) in [5.74, 6) is 0.770. The van der Waals surface area contributed by atoms with Gasteiger partial charge in [0.05, 0.1) is 7.11 Å². The van der Waals surface area contributed by atoms with Gasteiger partial charge in [-0.2, -0.15) is 0 Å². The third kappa shape index (κ3) is 3.31. The van der Waals surface area contributed by atoms with Crippen LogP contribution in [0.4, 0.5) is 0 Å². The van der Waals surface area contributed by atoms with Crippen molar-refractivity contribution in [3.63, 3.8) is 0 Å². The Morgan fingerprint density at radius 2 is 2.00 bits per heavy atom. The van der Waals surface area contributed by atoms with Crippen molar-refractivity contribution in [2.24, 2.45) is 0 Å². The second-order valence-corrected chi connectivity index (χ2v) is 6.42. The number of amides is 1. The van der Waals surface area contributed by atoms with Gasteiger partial charge in [0.15, 0.2) is 0 Å². The van der Waals surface area contributed by atoms with Gasteiger partial charge in [-0.25, -0.2) is 0 Å². The van der Waals surface area contributed by atoms with E-state index < -0.39 is 0 Å². The molecule has 124 valence electrons. The third-order valence-corrected chi connectivity index (χ3v) is 5.08. The smallest absolute Gasteiger partial charge is 0.240 e. The van der Waals surface area contributed by atoms with Gasteiger partial charge < -0.3 is 14.6 Å². The van der Waals surface area contributed by atoms with Crippen molar-refractivity contribution in [3.05, 3.63) is 64.3 Å². The van der Waals surface area contributed by atoms with E-state index in [1.807, 2.05) is 54.0 Å². The number of methoxy groups -OCH3 is 1. The Morgan fingerprint density at radius 3 is 2.79 bits per heavy atom. The third-order valence-electron chi connectivity index (χ3n) is 4.08. The molecule has 5 heteroatoms. The number of nitrogens with one attached hydrogen (secondary N) is 1. The predicted molar refractivity (Wildman–Crippen MR) is 99.2 cm³/mol. The lowest BCUT2D eigenvalue weighted by atomic mass is 10.2. The fraction of sp³-hybridized carbons (Fsp3) is 0.211. The zero-order valence-electron chi connectivity index (χ0n) is 13.7. The van der Waals surface area contributed by atoms with Crippen molar-refractivity contribution in [1.82, 2.24) is 9.88 Å². The number of para-hydroxylation sites is 1. The fourth-order valence-corrected chi connectivity index (χ4v) is 3.32. The minimum Gasteiger partial charge on any atom is -0.497 e. The average molecular weight is 387 g/mol. The first kappa shape index (κ1) is 16.6. The fourth-order valence-electron chi connectivity index (χ4n) is 2.78. The molecule has 0 aliphatic carbocycles. The van der Waals surface area contributed by atoms with E-state index in [9.17, 15) is 4.79 Å². The summed E-state index contributed by atoms with van der Waals surface area (Å²) in [6, 6.07) is 15.8. The molecule has 0 saturated carbocycles. The van der Waals surface area contributed by atoms with Gasteiger partial charge in [0.1, 0.15) is 12.3 Å². The quantitative estimate of drug-likeness (QED) is 0.718. The molecule has 0 atom stereocenters. The molecule has 3 aromatic rings. The van der Waals surface area contributed by atoms with Crippen LogP contribution in [0.15, 0.2) is 53.0 Å². The van der Waals surface area contributed by atoms with Crippen molar-refractivity contribution >= 4 is 32.7 Å². The number of ether oxygens (including phenoxy) is 1. The van der Waals surface area contributed by atoms with Crippen molar-refractivity contribution in [2.75, 3.05) is 7.11 Å². The Bertz CT molecular complexity index is 886. The van der Waals surface area contributed by atoms with E-state index in [0.29, 0.717) is 13.1 Å². The van der Waals surface area contributed by atoms with Crippen LogP contribution in [-0.4, -0.2) is 17.6 Å². The molecule has 0 radical (unpaired) electrons. The molecule has 1 amide bonds. The van der Waals surface area contributed by atoms with E-state index >= 15 is 0 Å². The summed E-state index contributed by atoms with van der Waals surface area (Å²) in [4.78, 5) is 12.4. The summed E-state index contributed by atoms with van der Waals surface area (Å²) >= 11 is 3.62. The van der Waals surface area contributed by atoms with Crippen LogP contribution in [0.5, 0.6) is 5.75 Å². The largest absolute Gasteiger partial charge is 0.497 e. The molecule has 0 saturated heterocycles. The summed E-state index contributed by atoms with van der Waals surface area (Å²) < 4.78 is 8.27. The monoisotopic (exact) mass is 386 g/mol. The summed E-state index contributed by atoms with van der Waals surface area (Å²) in [5, 5.41) is 4.09. The van der Waals surface area contributed by atoms with Gasteiger partial charge in [-0.05, 0) is 46.6 Å². The van der Waals surface area contributed by atoms with Gasteiger partial charge in [-0.15, -0.1) is 0 Å². The molecule has 0 aliphatic rings. The van der Waals surface area contributed by atoms with E-state index in [2.05, 4.69) is 27.3 Å². The molecular weight excluding hydrogens is 368 g/mol. The minimum absolute atomic E-state index is 0.0193. The highest BCUT2D eigenvalue weighted by Crippen LogP contribution is 2.30. The van der Waals surface area contributed by atoms with Crippen molar-refractivity contribution in [2.45, 2.75) is 20.0 Å². The maximum absolute atomic E-state index is 12.4. The van der Waals surface area contributed by atoms with Gasteiger partial charge in [0.2, 0.25) is 5.91 Å². The van der Waals surface area contributed by atoms with E-state index in [-0.39, 0.29) is 5.91 Å². The van der Waals surface area contributed by atoms with Gasteiger partial charge >= 0.3 is 0 Å². The van der Waals surface area contributed by atoms with Crippen molar-refractivity contribution in [3.8, 4) is 5.75 Å². The molecule has 0 unspecified atom stereocenters. The van der Waals surface area contributed by atoms with Gasteiger partial charge in [-0.1, -0.05) is 30.3 Å². The first-order chi connectivity index (χ1) is 11.6. The van der Waals surface area contributed by atoms with E-state index in [0.717, 1.165) is 32.4 Å². The number of halogens is 1. The number of carbonyl (C=O) groups excluding carboxylic acids is 1. The van der Waals surface area contributed by atoms with Crippen molar-refractivity contribution < 1.29 is 9.53 Å². The Labute approximate surface area is 149 Å². The Hall–Kier alpha value is -2.27. The number of fused-ring (bicyclic) bond motifs is 1. The highest BCUT2D eigenvalue weighted by Gasteiger charge is 2.13. The topological polar surface area (TPSA) is 43.3 Å². The summed E-state index contributed by atoms with van der Waals surface area (Å²) in [6.07, 6.45) is 0. The molecule has 0 fully saturated rings. The standard InChI is InChI=1S/C19H19BrN2O2/c1-13-19(20)16-8-3-4-9-17(16)22(13)12-18(23)21-11-14-6-5-7-15(10-14)24-2/h3-10H,11-12H2,1-2H3,(H,21,23). The molecule has 3 rings (SSSR count). The van der Waals surface area contributed by atoms with Crippen molar-refractivity contribution in [1.29, 1.82) is 0 Å². The highest BCUT2D eigenvalue weighted by atomic mass is 79.9. The molecule has 0 spiro atoms. The van der Waals surface area contributed by atoms with E-state index in [4.69, 9.17) is 4.74 Å². The van der Waals surface area contributed by atoms with Gasteiger partial charge in [0.25, 0.3) is 0 Å². The first-order valence-electron chi connectivity index (χ1n) is 7.73. The normalized spacial score (nSPS) is 10.8. The molecular formula is C19H19BrN2O2. The van der Waals surface area contributed by atoms with Crippen LogP contribution in [0.2, 0.25) is 0 Å². The predicted octanol–water partition coefficient (Wildman–Crippen LogP) is 4.04. The van der Waals surface area contributed by atoms with Crippen LogP contribution in [0.1, 0.15) is 11.3 Å². The van der Waals surface area contributed by atoms with Gasteiger partial charge in [0, 0.05) is 27.6 Å². The molecule has 1 aromatic heterocycles. The summed E-state index contributed by atoms with van der Waals surface area (Å²) in [5.41, 5.74) is 3.11. The number of hydrogen-bond acceptors (Lipinski definition) is 2. The Morgan fingerprint density at radius 1 is 1.21 bits per heavy atom. The number of carbonyl (C=O) groups is 1. The summed E-state index contributed by atoms with van der Waals surface area (Å²) in [6.45, 7) is 2.79. The molecule has 0 aliphatic heterocycles. The van der Waals surface area contributed by atoms with Crippen LogP contribution in [0.25, 0.3) is 10.9 Å². The van der Waals surface area contributed by atoms with Crippen LogP contribution < -0.4 is 10.1 Å².